The minimum Gasteiger partial charge on any atom is -0.508 e. The molecule has 0 saturated carbocycles. The Morgan fingerprint density at radius 3 is 2.64 bits per heavy atom. The van der Waals surface area contributed by atoms with Crippen LogP contribution in [0.15, 0.2) is 12.1 Å². The van der Waals surface area contributed by atoms with Gasteiger partial charge in [-0.15, -0.1) is 0 Å². The molecule has 0 radical (unpaired) electrons. The molecule has 1 aromatic carbocycles. The third kappa shape index (κ3) is 3.98. The molecule has 0 unspecified atom stereocenters. The number of rotatable bonds is 0. The van der Waals surface area contributed by atoms with E-state index in [1.807, 2.05) is 0 Å². The molecular formula is C16H20O6. The van der Waals surface area contributed by atoms with Crippen molar-refractivity contribution in [3.05, 3.63) is 23.3 Å². The average Bonchev–Trinajstić information content (AvgIpc) is 2.35. The van der Waals surface area contributed by atoms with E-state index in [9.17, 15) is 24.9 Å². The highest BCUT2D eigenvalue weighted by Gasteiger charge is 2.24. The van der Waals surface area contributed by atoms with Gasteiger partial charge < -0.3 is 20.1 Å². The number of hydrogen-bond acceptors (Lipinski definition) is 6. The van der Waals surface area contributed by atoms with E-state index in [1.165, 1.54) is 6.07 Å². The van der Waals surface area contributed by atoms with Crippen molar-refractivity contribution in [3.8, 4) is 11.5 Å². The van der Waals surface area contributed by atoms with E-state index in [4.69, 9.17) is 4.74 Å². The van der Waals surface area contributed by atoms with Gasteiger partial charge in [0.15, 0.2) is 0 Å². The van der Waals surface area contributed by atoms with Gasteiger partial charge in [0, 0.05) is 18.9 Å². The Morgan fingerprint density at radius 2 is 1.91 bits per heavy atom. The van der Waals surface area contributed by atoms with E-state index >= 15 is 0 Å². The smallest absolute Gasteiger partial charge is 0.342 e. The van der Waals surface area contributed by atoms with Crippen LogP contribution in [0.25, 0.3) is 0 Å². The van der Waals surface area contributed by atoms with Crippen molar-refractivity contribution in [1.82, 2.24) is 0 Å². The maximum atomic E-state index is 12.2. The van der Waals surface area contributed by atoms with Crippen LogP contribution in [0.2, 0.25) is 0 Å². The highest BCUT2D eigenvalue weighted by atomic mass is 16.5. The zero-order valence-corrected chi connectivity index (χ0v) is 12.4. The quantitative estimate of drug-likeness (QED) is 0.630. The first-order valence-corrected chi connectivity index (χ1v) is 7.32. The van der Waals surface area contributed by atoms with Crippen molar-refractivity contribution in [2.45, 2.75) is 51.2 Å². The molecule has 0 spiro atoms. The molecule has 2 rings (SSSR count). The number of aromatic hydroxyl groups is 2. The predicted octanol–water partition coefficient (Wildman–Crippen LogP) is 1.69. The number of aliphatic hydroxyl groups excluding tert-OH is 1. The lowest BCUT2D eigenvalue weighted by Gasteiger charge is -2.18. The molecule has 0 fully saturated rings. The molecule has 2 atom stereocenters. The zero-order valence-electron chi connectivity index (χ0n) is 12.4. The molecule has 6 nitrogen and oxygen atoms in total. The monoisotopic (exact) mass is 308 g/mol. The molecule has 0 amide bonds. The maximum Gasteiger partial charge on any atom is 0.342 e. The average molecular weight is 308 g/mol. The molecular weight excluding hydrogens is 288 g/mol. The molecule has 6 heteroatoms. The van der Waals surface area contributed by atoms with Gasteiger partial charge in [-0.3, -0.25) is 4.79 Å². The first-order chi connectivity index (χ1) is 10.4. The zero-order chi connectivity index (χ0) is 16.3. The first-order valence-electron chi connectivity index (χ1n) is 7.32. The van der Waals surface area contributed by atoms with Crippen molar-refractivity contribution < 1.29 is 29.6 Å². The summed E-state index contributed by atoms with van der Waals surface area (Å²) in [5.41, 5.74) is 0.0977. The molecule has 1 aliphatic heterocycles. The lowest BCUT2D eigenvalue weighted by molar-refractivity contribution is -0.120. The van der Waals surface area contributed by atoms with Crippen LogP contribution in [0.1, 0.15) is 48.5 Å². The molecule has 0 saturated heterocycles. The highest BCUT2D eigenvalue weighted by molar-refractivity contribution is 5.96. The third-order valence-corrected chi connectivity index (χ3v) is 3.70. The summed E-state index contributed by atoms with van der Waals surface area (Å²) in [5.74, 6) is -1.63. The van der Waals surface area contributed by atoms with Crippen LogP contribution in [0.5, 0.6) is 11.5 Å². The number of ether oxygens (including phenoxy) is 1. The number of carbonyl (C=O) groups excluding carboxylic acids is 2. The van der Waals surface area contributed by atoms with Crippen LogP contribution in [-0.2, 0) is 16.0 Å². The second-order valence-electron chi connectivity index (χ2n) is 5.72. The van der Waals surface area contributed by atoms with Gasteiger partial charge in [0.05, 0.1) is 12.2 Å². The standard InChI is InChI=1S/C16H20O6/c1-9-3-2-4-11(17)7-12(18)5-10-6-13(19)8-14(20)15(10)16(21)22-9/h6,8-9,11,17,19-20H,2-5,7H2,1H3/t9-,11+/m1/s1. The summed E-state index contributed by atoms with van der Waals surface area (Å²) in [6, 6.07) is 2.30. The molecule has 0 aromatic heterocycles. The van der Waals surface area contributed by atoms with Crippen molar-refractivity contribution in [2.24, 2.45) is 0 Å². The first kappa shape index (κ1) is 16.3. The van der Waals surface area contributed by atoms with Crippen molar-refractivity contribution in [3.63, 3.8) is 0 Å². The molecule has 0 aliphatic carbocycles. The third-order valence-electron chi connectivity index (χ3n) is 3.70. The Morgan fingerprint density at radius 1 is 1.18 bits per heavy atom. The molecule has 1 heterocycles. The predicted molar refractivity (Wildman–Crippen MR) is 77.8 cm³/mol. The normalized spacial score (nSPS) is 23.9. The molecule has 120 valence electrons. The van der Waals surface area contributed by atoms with E-state index in [-0.39, 0.29) is 41.6 Å². The van der Waals surface area contributed by atoms with Crippen molar-refractivity contribution in [2.75, 3.05) is 0 Å². The number of ketones is 1. The van der Waals surface area contributed by atoms with Crippen LogP contribution in [0.3, 0.4) is 0 Å². The van der Waals surface area contributed by atoms with Crippen LogP contribution in [0, 0.1) is 0 Å². The van der Waals surface area contributed by atoms with Gasteiger partial charge in [-0.1, -0.05) is 0 Å². The summed E-state index contributed by atoms with van der Waals surface area (Å²) >= 11 is 0. The number of phenolic OH excluding ortho intramolecular Hbond substituents is 2. The Hall–Kier alpha value is -2.08. The molecule has 3 N–H and O–H groups in total. The lowest BCUT2D eigenvalue weighted by atomic mass is 9.96. The lowest BCUT2D eigenvalue weighted by Crippen LogP contribution is -2.21. The Bertz CT molecular complexity index is 580. The fourth-order valence-corrected chi connectivity index (χ4v) is 2.64. The summed E-state index contributed by atoms with van der Waals surface area (Å²) in [7, 11) is 0. The number of phenols is 2. The second-order valence-corrected chi connectivity index (χ2v) is 5.72. The summed E-state index contributed by atoms with van der Waals surface area (Å²) in [4.78, 5) is 24.2. The van der Waals surface area contributed by atoms with E-state index in [2.05, 4.69) is 0 Å². The van der Waals surface area contributed by atoms with Gasteiger partial charge in [-0.05, 0) is 37.8 Å². The number of benzene rings is 1. The van der Waals surface area contributed by atoms with Crippen LogP contribution >= 0.6 is 0 Å². The highest BCUT2D eigenvalue weighted by Crippen LogP contribution is 2.29. The van der Waals surface area contributed by atoms with Gasteiger partial charge in [0.2, 0.25) is 0 Å². The number of carbonyl (C=O) groups is 2. The minimum absolute atomic E-state index is 0.0146. The topological polar surface area (TPSA) is 104 Å². The van der Waals surface area contributed by atoms with Crippen LogP contribution < -0.4 is 0 Å². The second kappa shape index (κ2) is 6.79. The molecule has 1 aromatic rings. The largest absolute Gasteiger partial charge is 0.508 e. The van der Waals surface area contributed by atoms with Gasteiger partial charge in [0.25, 0.3) is 0 Å². The van der Waals surface area contributed by atoms with Gasteiger partial charge in [-0.25, -0.2) is 4.79 Å². The Balaban J connectivity index is 2.40. The van der Waals surface area contributed by atoms with E-state index in [0.29, 0.717) is 19.3 Å². The van der Waals surface area contributed by atoms with Crippen molar-refractivity contribution >= 4 is 11.8 Å². The fourth-order valence-electron chi connectivity index (χ4n) is 2.64. The van der Waals surface area contributed by atoms with Crippen LogP contribution in [0.4, 0.5) is 0 Å². The molecule has 1 aliphatic rings. The van der Waals surface area contributed by atoms with Gasteiger partial charge in [0.1, 0.15) is 22.8 Å². The fraction of sp³-hybridized carbons (Fsp3) is 0.500. The molecule has 22 heavy (non-hydrogen) atoms. The van der Waals surface area contributed by atoms with Crippen LogP contribution in [-0.4, -0.2) is 39.3 Å². The number of esters is 1. The van der Waals surface area contributed by atoms with E-state index in [0.717, 1.165) is 6.07 Å². The molecule has 0 bridgehead atoms. The van der Waals surface area contributed by atoms with Crippen molar-refractivity contribution in [1.29, 1.82) is 0 Å². The summed E-state index contributed by atoms with van der Waals surface area (Å²) in [5, 5.41) is 29.3. The Labute approximate surface area is 128 Å². The number of Topliss-reactive ketones (excluding diaryl/α,β-unsaturated/α-hetero) is 1. The van der Waals surface area contributed by atoms with Gasteiger partial charge >= 0.3 is 5.97 Å². The number of fused-ring (bicyclic) bond motifs is 1. The van der Waals surface area contributed by atoms with E-state index in [1.54, 1.807) is 6.92 Å². The number of hydrogen-bond donors (Lipinski definition) is 3. The summed E-state index contributed by atoms with van der Waals surface area (Å²) < 4.78 is 5.27. The SMILES string of the molecule is C[C@@H]1CCC[C@H](O)CC(=O)Cc2cc(O)cc(O)c2C(=O)O1. The summed E-state index contributed by atoms with van der Waals surface area (Å²) in [6.07, 6.45) is 0.394. The minimum atomic E-state index is -0.732. The number of aliphatic hydroxyl groups is 1. The number of cyclic esters (lactones) is 1. The maximum absolute atomic E-state index is 12.2. The summed E-state index contributed by atoms with van der Waals surface area (Å²) in [6.45, 7) is 1.73. The Kier molecular flexibility index (Phi) is 5.03. The van der Waals surface area contributed by atoms with Gasteiger partial charge in [-0.2, -0.15) is 0 Å². The van der Waals surface area contributed by atoms with E-state index < -0.39 is 17.8 Å².